The van der Waals surface area contributed by atoms with Crippen LogP contribution in [0, 0.1) is 17.8 Å². The van der Waals surface area contributed by atoms with Gasteiger partial charge in [0, 0.05) is 63.5 Å². The molecule has 13 heteroatoms. The molecule has 1 aromatic heterocycles. The fourth-order valence-electron chi connectivity index (χ4n) is 7.04. The highest BCUT2D eigenvalue weighted by Gasteiger charge is 2.44. The van der Waals surface area contributed by atoms with Gasteiger partial charge in [0.15, 0.2) is 0 Å². The Balaban J connectivity index is 0.923. The minimum atomic E-state index is -0.874. The second-order valence-electron chi connectivity index (χ2n) is 12.4. The van der Waals surface area contributed by atoms with Crippen LogP contribution < -0.4 is 21.5 Å². The van der Waals surface area contributed by atoms with Gasteiger partial charge in [0.25, 0.3) is 11.5 Å². The Morgan fingerprint density at radius 1 is 0.932 bits per heavy atom. The first-order valence-electron chi connectivity index (χ1n) is 15.1. The maximum atomic E-state index is 13.4. The van der Waals surface area contributed by atoms with Gasteiger partial charge in [-0.2, -0.15) is 4.68 Å². The molecule has 3 atom stereocenters. The highest BCUT2D eigenvalue weighted by atomic mass is 16.2. The zero-order valence-corrected chi connectivity index (χ0v) is 24.2. The molecule has 44 heavy (non-hydrogen) atoms. The lowest BCUT2D eigenvalue weighted by molar-refractivity contribution is -0.137. The van der Waals surface area contributed by atoms with Crippen LogP contribution in [0.3, 0.4) is 0 Å². The van der Waals surface area contributed by atoms with Gasteiger partial charge >= 0.3 is 0 Å². The predicted octanol–water partition coefficient (Wildman–Crippen LogP) is -0.0628. The van der Waals surface area contributed by atoms with Crippen LogP contribution in [0.2, 0.25) is 0 Å². The van der Waals surface area contributed by atoms with Crippen molar-refractivity contribution in [2.45, 2.75) is 25.3 Å². The smallest absolute Gasteiger partial charge is 0.278 e. The van der Waals surface area contributed by atoms with Gasteiger partial charge in [0.2, 0.25) is 17.7 Å². The average molecular weight is 599 g/mol. The number of imide groups is 1. The second kappa shape index (κ2) is 11.1. The first kappa shape index (κ1) is 28.1. The average Bonchev–Trinajstić information content (AvgIpc) is 3.56. The van der Waals surface area contributed by atoms with E-state index in [1.807, 2.05) is 23.1 Å². The van der Waals surface area contributed by atoms with E-state index in [0.29, 0.717) is 41.4 Å². The van der Waals surface area contributed by atoms with Gasteiger partial charge in [-0.05, 0) is 60.6 Å². The Morgan fingerprint density at radius 3 is 2.34 bits per heavy atom. The number of nitrogens with one attached hydrogen (secondary N) is 1. The number of fused-ring (bicyclic) bond motifs is 2. The van der Waals surface area contributed by atoms with Crippen molar-refractivity contribution in [3.05, 3.63) is 63.9 Å². The number of rotatable bonds is 7. The number of likely N-dealkylation sites (tertiary alicyclic amines) is 2. The van der Waals surface area contributed by atoms with Gasteiger partial charge in [0.1, 0.15) is 11.6 Å². The molecule has 5 heterocycles. The molecule has 0 saturated carbocycles. The molecular weight excluding hydrogens is 564 g/mol. The number of primary amides is 1. The normalized spacial score (nSPS) is 24.0. The summed E-state index contributed by atoms with van der Waals surface area (Å²) in [4.78, 5) is 68.3. The van der Waals surface area contributed by atoms with Crippen LogP contribution in [0.25, 0.3) is 10.9 Å². The first-order valence-corrected chi connectivity index (χ1v) is 15.1. The Bertz CT molecular complexity index is 1700. The highest BCUT2D eigenvalue weighted by molar-refractivity contribution is 5.99. The molecule has 4 amide bonds. The number of nitrogens with zero attached hydrogens (tertiary/aromatic N) is 6. The number of hydrogen-bond donors (Lipinski definition) is 2. The van der Waals surface area contributed by atoms with Crippen LogP contribution in [-0.4, -0.2) is 94.2 Å². The number of piperidine rings is 1. The number of nitrogens with two attached hydrogens (primary N) is 1. The number of benzene rings is 2. The van der Waals surface area contributed by atoms with Gasteiger partial charge in [0.05, 0.1) is 11.3 Å². The third-order valence-electron chi connectivity index (χ3n) is 9.60. The molecule has 4 aliphatic heterocycles. The Morgan fingerprint density at radius 2 is 1.66 bits per heavy atom. The van der Waals surface area contributed by atoms with Crippen LogP contribution in [0.5, 0.6) is 0 Å². The van der Waals surface area contributed by atoms with Crippen LogP contribution in [0.4, 0.5) is 5.69 Å². The Hall–Kier alpha value is -4.65. The van der Waals surface area contributed by atoms with Gasteiger partial charge in [-0.3, -0.25) is 29.3 Å². The topological polar surface area (TPSA) is 164 Å². The van der Waals surface area contributed by atoms with Gasteiger partial charge in [-0.25, -0.2) is 0 Å². The third-order valence-corrected chi connectivity index (χ3v) is 9.60. The first-order chi connectivity index (χ1) is 21.2. The van der Waals surface area contributed by atoms with E-state index >= 15 is 0 Å². The molecular formula is C31H34N8O5. The summed E-state index contributed by atoms with van der Waals surface area (Å²) in [7, 11) is 0. The summed E-state index contributed by atoms with van der Waals surface area (Å²) in [5.74, 6) is -0.242. The summed E-state index contributed by atoms with van der Waals surface area (Å²) in [6.45, 7) is 5.66. The lowest BCUT2D eigenvalue weighted by atomic mass is 9.97. The van der Waals surface area contributed by atoms with E-state index < -0.39 is 23.4 Å². The summed E-state index contributed by atoms with van der Waals surface area (Å²) in [6, 6.07) is 11.9. The maximum absolute atomic E-state index is 13.4. The van der Waals surface area contributed by atoms with Crippen molar-refractivity contribution in [3.8, 4) is 0 Å². The zero-order chi connectivity index (χ0) is 30.5. The molecule has 2 aromatic carbocycles. The molecule has 0 radical (unpaired) electrons. The monoisotopic (exact) mass is 598 g/mol. The van der Waals surface area contributed by atoms with Crippen molar-refractivity contribution in [3.63, 3.8) is 0 Å². The van der Waals surface area contributed by atoms with E-state index in [1.54, 1.807) is 24.3 Å². The van der Waals surface area contributed by atoms with Crippen LogP contribution >= 0.6 is 0 Å². The molecule has 3 aromatic rings. The van der Waals surface area contributed by atoms with Crippen molar-refractivity contribution in [1.82, 2.24) is 30.1 Å². The number of carbonyl (C=O) groups excluding carboxylic acids is 4. The number of carbonyl (C=O) groups is 4. The van der Waals surface area contributed by atoms with E-state index in [2.05, 4.69) is 25.4 Å². The predicted molar refractivity (Wildman–Crippen MR) is 160 cm³/mol. The number of amides is 4. The lowest BCUT2D eigenvalue weighted by Gasteiger charge is -2.41. The highest BCUT2D eigenvalue weighted by Crippen LogP contribution is 2.34. The number of aromatic nitrogens is 3. The fourth-order valence-corrected chi connectivity index (χ4v) is 7.04. The summed E-state index contributed by atoms with van der Waals surface area (Å²) < 4.78 is 1.06. The molecule has 3 unspecified atom stereocenters. The SMILES string of the molecule is NC(=O)c1ccc(CCN2CC3CN(C(=O)C4CN(c5ccc6nnn(C7CCC(=O)NC7=O)c(=O)c6c5)C4)CC3C2)cc1. The maximum Gasteiger partial charge on any atom is 0.278 e. The number of anilines is 1. The quantitative estimate of drug-likeness (QED) is 0.355. The van der Waals surface area contributed by atoms with Crippen molar-refractivity contribution in [2.75, 3.05) is 50.7 Å². The van der Waals surface area contributed by atoms with E-state index in [4.69, 9.17) is 5.73 Å². The van der Waals surface area contributed by atoms with Crippen molar-refractivity contribution in [2.24, 2.45) is 23.5 Å². The minimum absolute atomic E-state index is 0.0836. The molecule has 0 bridgehead atoms. The minimum Gasteiger partial charge on any atom is -0.370 e. The Labute approximate surface area is 252 Å². The van der Waals surface area contributed by atoms with Gasteiger partial charge in [-0.15, -0.1) is 5.10 Å². The standard InChI is InChI=1S/C31H34N8O5/c32-28(41)19-3-1-18(2-4-19)9-10-36-12-20-14-38(15-21(20)13-36)30(43)22-16-37(17-22)23-5-6-25-24(11-23)31(44)39(35-34-25)26-7-8-27(40)33-29(26)42/h1-6,11,20-22,26H,7-10,12-17H2,(H2,32,41)(H,33,40,42). The fraction of sp³-hybridized carbons (Fsp3) is 0.452. The van der Waals surface area contributed by atoms with Crippen LogP contribution in [0.15, 0.2) is 47.3 Å². The van der Waals surface area contributed by atoms with Crippen LogP contribution in [-0.2, 0) is 20.8 Å². The third kappa shape index (κ3) is 5.21. The Kier molecular flexibility index (Phi) is 7.11. The largest absolute Gasteiger partial charge is 0.370 e. The van der Waals surface area contributed by atoms with E-state index in [9.17, 15) is 24.0 Å². The second-order valence-corrected chi connectivity index (χ2v) is 12.4. The van der Waals surface area contributed by atoms with Crippen molar-refractivity contribution in [1.29, 1.82) is 0 Å². The van der Waals surface area contributed by atoms with Crippen molar-refractivity contribution < 1.29 is 19.2 Å². The van der Waals surface area contributed by atoms with E-state index in [-0.39, 0.29) is 30.6 Å². The van der Waals surface area contributed by atoms with E-state index in [1.165, 1.54) is 5.56 Å². The summed E-state index contributed by atoms with van der Waals surface area (Å²) in [5, 5.41) is 10.7. The summed E-state index contributed by atoms with van der Waals surface area (Å²) >= 11 is 0. The molecule has 228 valence electrons. The summed E-state index contributed by atoms with van der Waals surface area (Å²) in [6.07, 6.45) is 1.24. The van der Waals surface area contributed by atoms with Gasteiger partial charge in [-0.1, -0.05) is 17.3 Å². The molecule has 0 aliphatic carbocycles. The molecule has 7 rings (SSSR count). The van der Waals surface area contributed by atoms with Crippen molar-refractivity contribution >= 4 is 40.2 Å². The molecule has 3 N–H and O–H groups in total. The molecule has 4 fully saturated rings. The molecule has 4 saturated heterocycles. The number of hydrogen-bond acceptors (Lipinski definition) is 9. The zero-order valence-electron chi connectivity index (χ0n) is 24.2. The van der Waals surface area contributed by atoms with E-state index in [0.717, 1.165) is 49.5 Å². The van der Waals surface area contributed by atoms with Crippen LogP contribution in [0.1, 0.15) is 34.8 Å². The summed E-state index contributed by atoms with van der Waals surface area (Å²) in [5.41, 5.74) is 7.84. The van der Waals surface area contributed by atoms with Gasteiger partial charge < -0.3 is 20.4 Å². The molecule has 4 aliphatic rings. The molecule has 13 nitrogen and oxygen atoms in total. The lowest BCUT2D eigenvalue weighted by Crippen LogP contribution is -2.54. The molecule has 0 spiro atoms.